The van der Waals surface area contributed by atoms with Crippen LogP contribution in [0, 0.1) is 0 Å². The molecule has 0 saturated heterocycles. The topological polar surface area (TPSA) is 41.1 Å². The molecule has 0 amide bonds. The minimum atomic E-state index is 0.770. The van der Waals surface area contributed by atoms with Crippen LogP contribution in [0.1, 0.15) is 37.6 Å². The van der Waals surface area contributed by atoms with E-state index in [9.17, 15) is 0 Å². The number of anilines is 1. The summed E-state index contributed by atoms with van der Waals surface area (Å²) >= 11 is 1.66. The summed E-state index contributed by atoms with van der Waals surface area (Å²) in [6.45, 7) is 4.30. The Morgan fingerprint density at radius 3 is 2.69 bits per heavy atom. The van der Waals surface area contributed by atoms with Gasteiger partial charge in [0.1, 0.15) is 5.01 Å². The fourth-order valence-electron chi connectivity index (χ4n) is 2.36. The molecule has 0 aliphatic heterocycles. The van der Waals surface area contributed by atoms with Gasteiger partial charge in [-0.3, -0.25) is 4.90 Å². The predicted molar refractivity (Wildman–Crippen MR) is 67.8 cm³/mol. The highest BCUT2D eigenvalue weighted by molar-refractivity contribution is 7.15. The lowest BCUT2D eigenvalue weighted by molar-refractivity contribution is 0.199. The first-order chi connectivity index (χ1) is 7.83. The Kier molecular flexibility index (Phi) is 4.12. The number of rotatable bonds is 5. The molecule has 90 valence electrons. The molecule has 2 rings (SSSR count). The molecule has 1 saturated carbocycles. The Balaban J connectivity index is 1.94. The second-order valence-corrected chi connectivity index (χ2v) is 5.31. The third-order valence-corrected chi connectivity index (χ3v) is 4.19. The lowest BCUT2D eigenvalue weighted by atomic mass is 10.2. The Morgan fingerprint density at radius 2 is 2.12 bits per heavy atom. The van der Waals surface area contributed by atoms with Crippen molar-refractivity contribution in [1.29, 1.82) is 0 Å². The molecule has 0 unspecified atom stereocenters. The van der Waals surface area contributed by atoms with Crippen molar-refractivity contribution in [1.82, 2.24) is 15.1 Å². The van der Waals surface area contributed by atoms with Gasteiger partial charge in [-0.1, -0.05) is 31.1 Å². The van der Waals surface area contributed by atoms with E-state index in [0.29, 0.717) is 0 Å². The van der Waals surface area contributed by atoms with Crippen LogP contribution in [0.25, 0.3) is 0 Å². The Morgan fingerprint density at radius 1 is 1.38 bits per heavy atom. The minimum absolute atomic E-state index is 0.770. The third kappa shape index (κ3) is 2.71. The van der Waals surface area contributed by atoms with Crippen molar-refractivity contribution in [3.8, 4) is 0 Å². The normalized spacial score (nSPS) is 17.2. The van der Waals surface area contributed by atoms with Crippen LogP contribution in [0.3, 0.4) is 0 Å². The maximum Gasteiger partial charge on any atom is 0.205 e. The van der Waals surface area contributed by atoms with Gasteiger partial charge >= 0.3 is 0 Å². The molecule has 1 aliphatic carbocycles. The summed E-state index contributed by atoms with van der Waals surface area (Å²) in [7, 11) is 1.89. The fraction of sp³-hybridized carbons (Fsp3) is 0.818. The molecule has 1 fully saturated rings. The lowest BCUT2D eigenvalue weighted by Gasteiger charge is -2.25. The second kappa shape index (κ2) is 5.59. The number of nitrogens with zero attached hydrogens (tertiary/aromatic N) is 3. The van der Waals surface area contributed by atoms with Crippen molar-refractivity contribution < 1.29 is 0 Å². The van der Waals surface area contributed by atoms with E-state index in [1.807, 2.05) is 7.05 Å². The molecule has 1 N–H and O–H groups in total. The van der Waals surface area contributed by atoms with Gasteiger partial charge in [-0.15, -0.1) is 10.2 Å². The summed E-state index contributed by atoms with van der Waals surface area (Å²) in [5, 5.41) is 13.4. The molecular formula is C11H20N4S. The molecule has 1 aromatic rings. The summed E-state index contributed by atoms with van der Waals surface area (Å²) in [5.41, 5.74) is 0. The van der Waals surface area contributed by atoms with Crippen LogP contribution in [0.4, 0.5) is 5.13 Å². The summed E-state index contributed by atoms with van der Waals surface area (Å²) < 4.78 is 0. The molecule has 0 spiro atoms. The maximum atomic E-state index is 4.21. The third-order valence-electron chi connectivity index (χ3n) is 3.27. The van der Waals surface area contributed by atoms with Crippen molar-refractivity contribution in [3.63, 3.8) is 0 Å². The SMILES string of the molecule is CCN(Cc1nnc(NC)s1)C1CCCC1. The molecule has 16 heavy (non-hydrogen) atoms. The minimum Gasteiger partial charge on any atom is -0.363 e. The van der Waals surface area contributed by atoms with E-state index in [4.69, 9.17) is 0 Å². The molecule has 0 aromatic carbocycles. The van der Waals surface area contributed by atoms with E-state index in [0.717, 1.165) is 29.3 Å². The highest BCUT2D eigenvalue weighted by Gasteiger charge is 2.22. The first-order valence-electron chi connectivity index (χ1n) is 6.07. The number of hydrogen-bond acceptors (Lipinski definition) is 5. The van der Waals surface area contributed by atoms with Crippen LogP contribution in [-0.4, -0.2) is 34.7 Å². The van der Waals surface area contributed by atoms with E-state index in [2.05, 4.69) is 27.3 Å². The Labute approximate surface area is 101 Å². The molecule has 1 aromatic heterocycles. The van der Waals surface area contributed by atoms with Gasteiger partial charge in [-0.05, 0) is 19.4 Å². The largest absolute Gasteiger partial charge is 0.363 e. The first-order valence-corrected chi connectivity index (χ1v) is 6.89. The van der Waals surface area contributed by atoms with Gasteiger partial charge in [-0.25, -0.2) is 0 Å². The van der Waals surface area contributed by atoms with Crippen molar-refractivity contribution in [2.24, 2.45) is 0 Å². The van der Waals surface area contributed by atoms with Gasteiger partial charge in [0, 0.05) is 13.1 Å². The van der Waals surface area contributed by atoms with E-state index in [1.54, 1.807) is 11.3 Å². The number of aromatic nitrogens is 2. The van der Waals surface area contributed by atoms with Gasteiger partial charge < -0.3 is 5.32 Å². The second-order valence-electron chi connectivity index (χ2n) is 4.25. The molecule has 0 radical (unpaired) electrons. The van der Waals surface area contributed by atoms with E-state index < -0.39 is 0 Å². The van der Waals surface area contributed by atoms with Crippen LogP contribution < -0.4 is 5.32 Å². The average molecular weight is 240 g/mol. The number of nitrogens with one attached hydrogen (secondary N) is 1. The van der Waals surface area contributed by atoms with Crippen molar-refractivity contribution in [3.05, 3.63) is 5.01 Å². The van der Waals surface area contributed by atoms with Gasteiger partial charge in [0.15, 0.2) is 0 Å². The maximum absolute atomic E-state index is 4.21. The predicted octanol–water partition coefficient (Wildman–Crippen LogP) is 2.34. The van der Waals surface area contributed by atoms with E-state index >= 15 is 0 Å². The molecular weight excluding hydrogens is 220 g/mol. The van der Waals surface area contributed by atoms with Crippen LogP contribution in [0.15, 0.2) is 0 Å². The molecule has 1 heterocycles. The smallest absolute Gasteiger partial charge is 0.205 e. The zero-order valence-electron chi connectivity index (χ0n) is 10.1. The zero-order chi connectivity index (χ0) is 11.4. The highest BCUT2D eigenvalue weighted by Crippen LogP contribution is 2.25. The first kappa shape index (κ1) is 11.8. The standard InChI is InChI=1S/C11H20N4S/c1-3-15(9-6-4-5-7-9)8-10-13-14-11(12-2)16-10/h9H,3-8H2,1-2H3,(H,12,14). The molecule has 0 atom stereocenters. The van der Waals surface area contributed by atoms with Crippen molar-refractivity contribution in [2.45, 2.75) is 45.2 Å². The van der Waals surface area contributed by atoms with Gasteiger partial charge in [0.05, 0.1) is 6.54 Å². The molecule has 1 aliphatic rings. The van der Waals surface area contributed by atoms with Crippen LogP contribution >= 0.6 is 11.3 Å². The van der Waals surface area contributed by atoms with Crippen molar-refractivity contribution >= 4 is 16.5 Å². The summed E-state index contributed by atoms with van der Waals surface area (Å²) in [4.78, 5) is 2.53. The highest BCUT2D eigenvalue weighted by atomic mass is 32.1. The van der Waals surface area contributed by atoms with E-state index in [1.165, 1.54) is 25.7 Å². The zero-order valence-corrected chi connectivity index (χ0v) is 10.9. The molecule has 0 bridgehead atoms. The van der Waals surface area contributed by atoms with Crippen LogP contribution in [-0.2, 0) is 6.54 Å². The van der Waals surface area contributed by atoms with Crippen LogP contribution in [0.5, 0.6) is 0 Å². The van der Waals surface area contributed by atoms with Gasteiger partial charge in [-0.2, -0.15) is 0 Å². The van der Waals surface area contributed by atoms with Gasteiger partial charge in [0.25, 0.3) is 0 Å². The average Bonchev–Trinajstić information content (AvgIpc) is 2.96. The Bertz CT molecular complexity index is 320. The van der Waals surface area contributed by atoms with Crippen LogP contribution in [0.2, 0.25) is 0 Å². The van der Waals surface area contributed by atoms with Crippen molar-refractivity contribution in [2.75, 3.05) is 18.9 Å². The number of hydrogen-bond donors (Lipinski definition) is 1. The Hall–Kier alpha value is -0.680. The summed E-state index contributed by atoms with van der Waals surface area (Å²) in [6, 6.07) is 0.770. The van der Waals surface area contributed by atoms with E-state index in [-0.39, 0.29) is 0 Å². The quantitative estimate of drug-likeness (QED) is 0.857. The molecule has 4 nitrogen and oxygen atoms in total. The lowest BCUT2D eigenvalue weighted by Crippen LogP contribution is -2.32. The monoisotopic (exact) mass is 240 g/mol. The fourth-order valence-corrected chi connectivity index (χ4v) is 3.08. The molecule has 5 heteroatoms. The summed E-state index contributed by atoms with van der Waals surface area (Å²) in [6.07, 6.45) is 5.48. The van der Waals surface area contributed by atoms with Gasteiger partial charge in [0.2, 0.25) is 5.13 Å². The summed E-state index contributed by atoms with van der Waals surface area (Å²) in [5.74, 6) is 0.